The summed E-state index contributed by atoms with van der Waals surface area (Å²) in [6, 6.07) is 0. The van der Waals surface area contributed by atoms with Crippen LogP contribution in [0.3, 0.4) is 0 Å². The van der Waals surface area contributed by atoms with Crippen LogP contribution in [0.25, 0.3) is 0 Å². The van der Waals surface area contributed by atoms with Crippen molar-refractivity contribution in [3.63, 3.8) is 0 Å². The second-order valence-electron chi connectivity index (χ2n) is 6.18. The van der Waals surface area contributed by atoms with Crippen molar-refractivity contribution in [3.8, 4) is 0 Å². The molecule has 0 spiro atoms. The molecule has 1 radical (unpaired) electrons. The summed E-state index contributed by atoms with van der Waals surface area (Å²) in [6.45, 7) is 21.8. The Bertz CT molecular complexity index is 444. The van der Waals surface area contributed by atoms with Crippen LogP contribution in [0.4, 0.5) is 0 Å². The molecule has 24 heavy (non-hydrogen) atoms. The monoisotopic (exact) mass is 647 g/mol. The van der Waals surface area contributed by atoms with Crippen LogP contribution in [0.2, 0.25) is 13.1 Å². The fourth-order valence-electron chi connectivity index (χ4n) is 2.32. The Morgan fingerprint density at radius 2 is 0.875 bits per heavy atom. The van der Waals surface area contributed by atoms with Gasteiger partial charge in [0.05, 0.1) is 0 Å². The molecule has 0 bridgehead atoms. The van der Waals surface area contributed by atoms with Crippen molar-refractivity contribution in [1.82, 2.24) is 0 Å². The minimum absolute atomic E-state index is 0. The van der Waals surface area contributed by atoms with Crippen LogP contribution in [0.15, 0.2) is 33.4 Å². The number of hydrogen-bond acceptors (Lipinski definition) is 0. The van der Waals surface area contributed by atoms with Gasteiger partial charge in [0.2, 0.25) is 0 Å². The van der Waals surface area contributed by atoms with Gasteiger partial charge in [-0.1, -0.05) is 66.5 Å². The molecule has 0 heterocycles. The van der Waals surface area contributed by atoms with E-state index in [0.29, 0.717) is 11.8 Å². The fraction of sp³-hybridized carbons (Fsp3) is 0.600. The SMILES string of the molecule is CC1=[C-]C(C)C(C)=C1C.CC1=[C-]C(C)C(C)=C1C.C[SiH]C.I.I.[Zr+2]. The zero-order chi connectivity index (χ0) is 16.7. The molecule has 0 aromatic carbocycles. The van der Waals surface area contributed by atoms with E-state index < -0.39 is 0 Å². The van der Waals surface area contributed by atoms with Gasteiger partial charge in [0.15, 0.2) is 0 Å². The summed E-state index contributed by atoms with van der Waals surface area (Å²) < 4.78 is 0. The molecule has 2 rings (SSSR count). The maximum Gasteiger partial charge on any atom is 2.00 e. The topological polar surface area (TPSA) is 0 Å². The predicted molar refractivity (Wildman–Crippen MR) is 130 cm³/mol. The molecule has 2 aliphatic carbocycles. The average molecular weight is 649 g/mol. The standard InChI is InChI=1S/2C9H13.C2H7Si.2HI.Zr/c2*1-6-5-7(2)9(4)8(6)3;1-3-2;;;/h2*6H,1-4H3;3H,1-2H3;2*1H;/q2*-1;;;;+2. The predicted octanol–water partition coefficient (Wildman–Crippen LogP) is 7.20. The van der Waals surface area contributed by atoms with Gasteiger partial charge in [-0.05, 0) is 0 Å². The molecule has 0 N–H and O–H groups in total. The minimum Gasteiger partial charge on any atom is -0.266 e. The van der Waals surface area contributed by atoms with Gasteiger partial charge >= 0.3 is 26.2 Å². The van der Waals surface area contributed by atoms with E-state index >= 15 is 0 Å². The molecule has 4 heteroatoms. The van der Waals surface area contributed by atoms with Gasteiger partial charge in [0.1, 0.15) is 0 Å². The minimum atomic E-state index is 0. The molecule has 137 valence electrons. The van der Waals surface area contributed by atoms with Crippen molar-refractivity contribution in [1.29, 1.82) is 0 Å². The second kappa shape index (κ2) is 16.7. The van der Waals surface area contributed by atoms with Gasteiger partial charge in [0, 0.05) is 9.52 Å². The Morgan fingerprint density at radius 3 is 0.917 bits per heavy atom. The molecular formula is C20H35I2SiZr. The van der Waals surface area contributed by atoms with E-state index in [1.54, 1.807) is 0 Å². The van der Waals surface area contributed by atoms with Gasteiger partial charge in [0.25, 0.3) is 0 Å². The van der Waals surface area contributed by atoms with E-state index in [1.807, 2.05) is 0 Å². The van der Waals surface area contributed by atoms with Crippen molar-refractivity contribution in [2.24, 2.45) is 11.8 Å². The largest absolute Gasteiger partial charge is 2.00 e. The van der Waals surface area contributed by atoms with Crippen molar-refractivity contribution >= 4 is 57.5 Å². The first-order valence-electron chi connectivity index (χ1n) is 7.96. The van der Waals surface area contributed by atoms with Crippen LogP contribution in [0.1, 0.15) is 55.4 Å². The summed E-state index contributed by atoms with van der Waals surface area (Å²) >= 11 is 0. The summed E-state index contributed by atoms with van der Waals surface area (Å²) in [6.07, 6.45) is 6.72. The zero-order valence-electron chi connectivity index (χ0n) is 17.0. The molecule has 0 saturated carbocycles. The molecular weight excluding hydrogens is 613 g/mol. The number of allylic oxidation sites excluding steroid dienone is 8. The Balaban J connectivity index is -0.000000130. The van der Waals surface area contributed by atoms with E-state index in [-0.39, 0.29) is 74.2 Å². The maximum absolute atomic E-state index is 3.36. The molecule has 2 aliphatic rings. The van der Waals surface area contributed by atoms with Gasteiger partial charge in [-0.15, -0.1) is 61.8 Å². The third kappa shape index (κ3) is 10.6. The van der Waals surface area contributed by atoms with Crippen LogP contribution in [0, 0.1) is 24.0 Å². The van der Waals surface area contributed by atoms with Crippen molar-refractivity contribution in [2.75, 3.05) is 0 Å². The summed E-state index contributed by atoms with van der Waals surface area (Å²) in [7, 11) is 0.750. The number of halogens is 2. The Morgan fingerprint density at radius 1 is 0.667 bits per heavy atom. The first-order chi connectivity index (χ1) is 9.67. The molecule has 2 atom stereocenters. The molecule has 0 aliphatic heterocycles. The van der Waals surface area contributed by atoms with Crippen molar-refractivity contribution < 1.29 is 26.2 Å². The van der Waals surface area contributed by atoms with Crippen LogP contribution in [0.5, 0.6) is 0 Å². The van der Waals surface area contributed by atoms with E-state index in [4.69, 9.17) is 0 Å². The Labute approximate surface area is 207 Å². The Kier molecular flexibility index (Phi) is 23.0. The summed E-state index contributed by atoms with van der Waals surface area (Å²) in [5.74, 6) is 1.12. The first-order valence-corrected chi connectivity index (χ1v) is 10.3. The smallest absolute Gasteiger partial charge is 0.266 e. The third-order valence-electron chi connectivity index (χ3n) is 4.47. The van der Waals surface area contributed by atoms with Crippen LogP contribution < -0.4 is 0 Å². The van der Waals surface area contributed by atoms with E-state index in [1.165, 1.54) is 33.4 Å². The summed E-state index contributed by atoms with van der Waals surface area (Å²) in [5.41, 5.74) is 8.49. The van der Waals surface area contributed by atoms with Crippen LogP contribution in [-0.4, -0.2) is 9.52 Å². The normalized spacial score (nSPS) is 21.1. The molecule has 0 amide bonds. The molecule has 0 nitrogen and oxygen atoms in total. The third-order valence-corrected chi connectivity index (χ3v) is 4.47. The quantitative estimate of drug-likeness (QED) is 0.148. The molecule has 0 aromatic rings. The first kappa shape index (κ1) is 33.1. The summed E-state index contributed by atoms with van der Waals surface area (Å²) in [5, 5.41) is 0. The van der Waals surface area contributed by atoms with E-state index in [0.717, 1.165) is 9.52 Å². The van der Waals surface area contributed by atoms with Crippen molar-refractivity contribution in [2.45, 2.75) is 68.5 Å². The van der Waals surface area contributed by atoms with Gasteiger partial charge < -0.3 is 0 Å². The van der Waals surface area contributed by atoms with Crippen LogP contribution >= 0.6 is 48.0 Å². The average Bonchev–Trinajstić information content (AvgIpc) is 2.77. The molecule has 2 unspecified atom stereocenters. The fourth-order valence-corrected chi connectivity index (χ4v) is 2.32. The molecule has 0 saturated heterocycles. The van der Waals surface area contributed by atoms with Crippen LogP contribution in [-0.2, 0) is 26.2 Å². The van der Waals surface area contributed by atoms with Gasteiger partial charge in [-0.25, -0.2) is 11.1 Å². The van der Waals surface area contributed by atoms with E-state index in [9.17, 15) is 0 Å². The second-order valence-corrected chi connectivity index (χ2v) is 7.33. The number of hydrogen-bond donors (Lipinski definition) is 0. The zero-order valence-corrected chi connectivity index (χ0v) is 25.3. The summed E-state index contributed by atoms with van der Waals surface area (Å²) in [4.78, 5) is 0. The molecule has 0 aromatic heterocycles. The van der Waals surface area contributed by atoms with Crippen molar-refractivity contribution in [3.05, 3.63) is 45.6 Å². The molecule has 0 fully saturated rings. The maximum atomic E-state index is 3.36. The number of rotatable bonds is 0. The Hall–Kier alpha value is 1.52. The van der Waals surface area contributed by atoms with E-state index in [2.05, 4.69) is 80.6 Å². The van der Waals surface area contributed by atoms with Gasteiger partial charge in [-0.2, -0.15) is 22.3 Å². The van der Waals surface area contributed by atoms with Gasteiger partial charge in [-0.3, -0.25) is 12.2 Å².